The topological polar surface area (TPSA) is 69.7 Å². The molecule has 1 atom stereocenters. The van der Waals surface area contributed by atoms with Gasteiger partial charge < -0.3 is 10.2 Å². The van der Waals surface area contributed by atoms with E-state index >= 15 is 0 Å². The van der Waals surface area contributed by atoms with Crippen molar-refractivity contribution in [2.75, 3.05) is 19.6 Å². The second-order valence-electron chi connectivity index (χ2n) is 7.02. The highest BCUT2D eigenvalue weighted by molar-refractivity contribution is 9.10. The van der Waals surface area contributed by atoms with Crippen molar-refractivity contribution in [1.29, 1.82) is 0 Å². The molecule has 0 saturated carbocycles. The summed E-state index contributed by atoms with van der Waals surface area (Å²) in [6.45, 7) is 5.01. The van der Waals surface area contributed by atoms with Crippen molar-refractivity contribution >= 4 is 33.8 Å². The third kappa shape index (κ3) is 3.42. The van der Waals surface area contributed by atoms with E-state index in [1.165, 1.54) is 0 Å². The number of nitrogens with zero attached hydrogens (tertiary/aromatic N) is 2. The van der Waals surface area contributed by atoms with Crippen molar-refractivity contribution in [1.82, 2.24) is 15.1 Å². The van der Waals surface area contributed by atoms with Gasteiger partial charge in [0.05, 0.1) is 0 Å². The molecule has 1 aromatic rings. The van der Waals surface area contributed by atoms with Crippen LogP contribution in [0, 0.1) is 5.92 Å². The predicted molar refractivity (Wildman–Crippen MR) is 96.7 cm³/mol. The minimum Gasteiger partial charge on any atom is -0.341 e. The van der Waals surface area contributed by atoms with Gasteiger partial charge in [-0.25, -0.2) is 4.79 Å². The van der Waals surface area contributed by atoms with E-state index in [9.17, 15) is 14.4 Å². The maximum atomic E-state index is 12.9. The Morgan fingerprint density at radius 3 is 2.64 bits per heavy atom. The highest BCUT2D eigenvalue weighted by Crippen LogP contribution is 2.30. The smallest absolute Gasteiger partial charge is 0.325 e. The minimum absolute atomic E-state index is 0.172. The first kappa shape index (κ1) is 17.9. The number of urea groups is 1. The largest absolute Gasteiger partial charge is 0.341 e. The van der Waals surface area contributed by atoms with Gasteiger partial charge in [0, 0.05) is 17.6 Å². The summed E-state index contributed by atoms with van der Waals surface area (Å²) in [6.07, 6.45) is 1.92. The van der Waals surface area contributed by atoms with Crippen LogP contribution in [0.15, 0.2) is 28.7 Å². The number of halogens is 1. The van der Waals surface area contributed by atoms with Gasteiger partial charge in [-0.05, 0) is 43.4 Å². The number of imide groups is 1. The Balaban J connectivity index is 1.74. The molecule has 7 heteroatoms. The SMILES string of the molecule is CC1CCN(C(=O)CN2C(=O)NC(C)(c3cccc(Br)c3)C2=O)CC1. The lowest BCUT2D eigenvalue weighted by molar-refractivity contribution is -0.139. The Morgan fingerprint density at radius 1 is 1.32 bits per heavy atom. The van der Waals surface area contributed by atoms with Crippen molar-refractivity contribution in [2.45, 2.75) is 32.2 Å². The lowest BCUT2D eigenvalue weighted by Gasteiger charge is -2.31. The van der Waals surface area contributed by atoms with Crippen molar-refractivity contribution in [3.63, 3.8) is 0 Å². The van der Waals surface area contributed by atoms with Crippen molar-refractivity contribution in [3.05, 3.63) is 34.3 Å². The molecule has 0 aromatic heterocycles. The van der Waals surface area contributed by atoms with Gasteiger partial charge in [0.25, 0.3) is 5.91 Å². The quantitative estimate of drug-likeness (QED) is 0.782. The average molecular weight is 408 g/mol. The van der Waals surface area contributed by atoms with Gasteiger partial charge in [-0.15, -0.1) is 0 Å². The highest BCUT2D eigenvalue weighted by Gasteiger charge is 2.49. The predicted octanol–water partition coefficient (Wildman–Crippen LogP) is 2.47. The van der Waals surface area contributed by atoms with Gasteiger partial charge in [0.1, 0.15) is 12.1 Å². The molecule has 2 saturated heterocycles. The molecule has 2 aliphatic heterocycles. The molecule has 25 heavy (non-hydrogen) atoms. The first-order valence-electron chi connectivity index (χ1n) is 8.49. The summed E-state index contributed by atoms with van der Waals surface area (Å²) < 4.78 is 0.824. The molecule has 2 aliphatic rings. The van der Waals surface area contributed by atoms with Crippen molar-refractivity contribution in [2.24, 2.45) is 5.92 Å². The molecule has 6 nitrogen and oxygen atoms in total. The van der Waals surface area contributed by atoms with E-state index < -0.39 is 17.5 Å². The van der Waals surface area contributed by atoms with Crippen LogP contribution in [0.1, 0.15) is 32.3 Å². The number of nitrogens with one attached hydrogen (secondary N) is 1. The summed E-state index contributed by atoms with van der Waals surface area (Å²) in [4.78, 5) is 40.5. The van der Waals surface area contributed by atoms with E-state index in [1.54, 1.807) is 24.0 Å². The second-order valence-corrected chi connectivity index (χ2v) is 7.94. The number of benzene rings is 1. The number of rotatable bonds is 3. The molecule has 1 aromatic carbocycles. The summed E-state index contributed by atoms with van der Waals surface area (Å²) in [5.41, 5.74) is -0.473. The fourth-order valence-corrected chi connectivity index (χ4v) is 3.73. The molecule has 3 rings (SSSR count). The number of amides is 4. The molecule has 2 fully saturated rings. The molecular formula is C18H22BrN3O3. The standard InChI is InChI=1S/C18H22BrN3O3/c1-12-6-8-21(9-7-12)15(23)11-22-16(24)18(2,20-17(22)25)13-4-3-5-14(19)10-13/h3-5,10,12H,6-9,11H2,1-2H3,(H,20,25). The Morgan fingerprint density at radius 2 is 2.00 bits per heavy atom. The zero-order valence-corrected chi connectivity index (χ0v) is 16.0. The number of piperidine rings is 1. The van der Waals surface area contributed by atoms with E-state index in [-0.39, 0.29) is 12.5 Å². The average Bonchev–Trinajstić information content (AvgIpc) is 2.80. The number of likely N-dealkylation sites (tertiary alicyclic amines) is 1. The molecule has 1 N–H and O–H groups in total. The van der Waals surface area contributed by atoms with Crippen LogP contribution in [-0.2, 0) is 15.1 Å². The number of hydrogen-bond donors (Lipinski definition) is 1. The van der Waals surface area contributed by atoms with Crippen LogP contribution in [0.5, 0.6) is 0 Å². The lowest BCUT2D eigenvalue weighted by atomic mass is 9.92. The van der Waals surface area contributed by atoms with Crippen LogP contribution in [0.2, 0.25) is 0 Å². The van der Waals surface area contributed by atoms with Gasteiger partial charge in [0.2, 0.25) is 5.91 Å². The van der Waals surface area contributed by atoms with E-state index in [2.05, 4.69) is 28.2 Å². The fourth-order valence-electron chi connectivity index (χ4n) is 3.33. The van der Waals surface area contributed by atoms with Crippen LogP contribution in [0.4, 0.5) is 4.79 Å². The van der Waals surface area contributed by atoms with Crippen LogP contribution in [0.25, 0.3) is 0 Å². The maximum absolute atomic E-state index is 12.9. The number of hydrogen-bond acceptors (Lipinski definition) is 3. The number of carbonyl (C=O) groups excluding carboxylic acids is 3. The Labute approximate surface area is 155 Å². The zero-order chi connectivity index (χ0) is 18.2. The molecule has 134 valence electrons. The van der Waals surface area contributed by atoms with Crippen LogP contribution in [-0.4, -0.2) is 47.3 Å². The van der Waals surface area contributed by atoms with Crippen LogP contribution >= 0.6 is 15.9 Å². The first-order chi connectivity index (χ1) is 11.8. The Kier molecular flexibility index (Phi) is 4.86. The molecule has 4 amide bonds. The van der Waals surface area contributed by atoms with Gasteiger partial charge in [-0.2, -0.15) is 0 Å². The second kappa shape index (κ2) is 6.78. The van der Waals surface area contributed by atoms with E-state index in [0.717, 1.165) is 22.2 Å². The van der Waals surface area contributed by atoms with Gasteiger partial charge in [0.15, 0.2) is 0 Å². The number of carbonyl (C=O) groups is 3. The van der Waals surface area contributed by atoms with Crippen LogP contribution in [0.3, 0.4) is 0 Å². The zero-order valence-electron chi connectivity index (χ0n) is 14.4. The van der Waals surface area contributed by atoms with E-state index in [4.69, 9.17) is 0 Å². The van der Waals surface area contributed by atoms with E-state index in [0.29, 0.717) is 24.6 Å². The summed E-state index contributed by atoms with van der Waals surface area (Å²) in [5.74, 6) is 0.0452. The third-order valence-electron chi connectivity index (χ3n) is 5.11. The van der Waals surface area contributed by atoms with Crippen molar-refractivity contribution < 1.29 is 14.4 Å². The summed E-state index contributed by atoms with van der Waals surface area (Å²) in [7, 11) is 0. The maximum Gasteiger partial charge on any atom is 0.325 e. The molecule has 0 radical (unpaired) electrons. The first-order valence-corrected chi connectivity index (χ1v) is 9.28. The van der Waals surface area contributed by atoms with Gasteiger partial charge in [-0.1, -0.05) is 35.0 Å². The Hall–Kier alpha value is -1.89. The fraction of sp³-hybridized carbons (Fsp3) is 0.500. The molecular weight excluding hydrogens is 386 g/mol. The van der Waals surface area contributed by atoms with Gasteiger partial charge >= 0.3 is 6.03 Å². The summed E-state index contributed by atoms with van der Waals surface area (Å²) in [6, 6.07) is 6.74. The monoisotopic (exact) mass is 407 g/mol. The summed E-state index contributed by atoms with van der Waals surface area (Å²) in [5, 5.41) is 2.73. The summed E-state index contributed by atoms with van der Waals surface area (Å²) >= 11 is 3.38. The molecule has 0 spiro atoms. The molecule has 0 aliphatic carbocycles. The van der Waals surface area contributed by atoms with Gasteiger partial charge in [-0.3, -0.25) is 14.5 Å². The van der Waals surface area contributed by atoms with Crippen LogP contribution < -0.4 is 5.32 Å². The third-order valence-corrected chi connectivity index (χ3v) is 5.60. The highest BCUT2D eigenvalue weighted by atomic mass is 79.9. The lowest BCUT2D eigenvalue weighted by Crippen LogP contribution is -2.46. The van der Waals surface area contributed by atoms with E-state index in [1.807, 2.05) is 12.1 Å². The molecule has 2 heterocycles. The normalized spacial score (nSPS) is 24.6. The minimum atomic E-state index is -1.16. The van der Waals surface area contributed by atoms with Crippen molar-refractivity contribution in [3.8, 4) is 0 Å². The molecule has 0 bridgehead atoms. The Bertz CT molecular complexity index is 715. The molecule has 1 unspecified atom stereocenters.